The Morgan fingerprint density at radius 3 is 2.52 bits per heavy atom. The van der Waals surface area contributed by atoms with Gasteiger partial charge in [-0.3, -0.25) is 4.79 Å². The molecule has 2 aromatic rings. The second kappa shape index (κ2) is 7.49. The molecule has 23 heavy (non-hydrogen) atoms. The van der Waals surface area contributed by atoms with Gasteiger partial charge in [0.1, 0.15) is 22.8 Å². The van der Waals surface area contributed by atoms with E-state index in [-0.39, 0.29) is 18.0 Å². The van der Waals surface area contributed by atoms with Crippen LogP contribution in [0.4, 0.5) is 0 Å². The Hall–Kier alpha value is -2.76. The van der Waals surface area contributed by atoms with E-state index in [1.165, 1.54) is 6.07 Å². The molecule has 0 aliphatic rings. The van der Waals surface area contributed by atoms with Gasteiger partial charge in [-0.25, -0.2) is 4.79 Å². The lowest BCUT2D eigenvalue weighted by Crippen LogP contribution is -2.22. The molecule has 1 aromatic carbocycles. The third-order valence-corrected chi connectivity index (χ3v) is 3.46. The third kappa shape index (κ3) is 4.60. The Morgan fingerprint density at radius 2 is 1.96 bits per heavy atom. The summed E-state index contributed by atoms with van der Waals surface area (Å²) in [4.78, 5) is 22.8. The van der Waals surface area contributed by atoms with E-state index in [0.717, 1.165) is 11.3 Å². The molecular formula is C17H19NO5. The summed E-state index contributed by atoms with van der Waals surface area (Å²) in [5.41, 5.74) is 1.16. The number of methoxy groups -OCH3 is 1. The highest BCUT2D eigenvalue weighted by molar-refractivity contribution is 5.88. The van der Waals surface area contributed by atoms with E-state index in [4.69, 9.17) is 14.3 Å². The van der Waals surface area contributed by atoms with E-state index in [0.29, 0.717) is 24.4 Å². The summed E-state index contributed by atoms with van der Waals surface area (Å²) in [6.07, 6.45) is 0.963. The molecule has 1 heterocycles. The Morgan fingerprint density at radius 1 is 1.26 bits per heavy atom. The van der Waals surface area contributed by atoms with Crippen LogP contribution in [0, 0.1) is 6.92 Å². The van der Waals surface area contributed by atoms with Crippen molar-refractivity contribution in [3.05, 3.63) is 53.0 Å². The number of furan rings is 1. The summed E-state index contributed by atoms with van der Waals surface area (Å²) < 4.78 is 10.4. The van der Waals surface area contributed by atoms with Gasteiger partial charge >= 0.3 is 5.97 Å². The largest absolute Gasteiger partial charge is 0.497 e. The Balaban J connectivity index is 1.80. The van der Waals surface area contributed by atoms with Crippen LogP contribution >= 0.6 is 0 Å². The van der Waals surface area contributed by atoms with Crippen molar-refractivity contribution in [3.63, 3.8) is 0 Å². The normalized spacial score (nSPS) is 10.3. The number of hydrogen-bond donors (Lipinski definition) is 2. The fourth-order valence-electron chi connectivity index (χ4n) is 2.17. The molecule has 0 fully saturated rings. The van der Waals surface area contributed by atoms with Crippen molar-refractivity contribution in [2.24, 2.45) is 0 Å². The third-order valence-electron chi connectivity index (χ3n) is 3.46. The first kappa shape index (κ1) is 16.6. The first-order valence-corrected chi connectivity index (χ1v) is 7.22. The molecule has 0 bridgehead atoms. The highest BCUT2D eigenvalue weighted by atomic mass is 16.5. The predicted octanol–water partition coefficient (Wildman–Crippen LogP) is 2.54. The maximum absolute atomic E-state index is 11.8. The molecule has 2 N–H and O–H groups in total. The molecule has 0 saturated carbocycles. The average Bonchev–Trinajstić information content (AvgIpc) is 2.92. The van der Waals surface area contributed by atoms with E-state index in [9.17, 15) is 9.59 Å². The molecule has 0 radical (unpaired) electrons. The first-order chi connectivity index (χ1) is 11.0. The molecule has 122 valence electrons. The standard InChI is InChI=1S/C17H19NO5/c1-11-15(17(20)21)9-14(23-11)10-18-16(19)8-5-12-3-6-13(22-2)7-4-12/h3-4,6-7,9H,5,8,10H2,1-2H3,(H,18,19)(H,20,21). The smallest absolute Gasteiger partial charge is 0.339 e. The minimum atomic E-state index is -1.04. The minimum Gasteiger partial charge on any atom is -0.497 e. The Bertz CT molecular complexity index is 688. The number of carboxylic acids is 1. The zero-order valence-corrected chi connectivity index (χ0v) is 13.1. The van der Waals surface area contributed by atoms with E-state index >= 15 is 0 Å². The van der Waals surface area contributed by atoms with Crippen molar-refractivity contribution in [2.45, 2.75) is 26.3 Å². The quantitative estimate of drug-likeness (QED) is 0.819. The van der Waals surface area contributed by atoms with Crippen molar-refractivity contribution in [1.29, 1.82) is 0 Å². The van der Waals surface area contributed by atoms with E-state index in [1.54, 1.807) is 14.0 Å². The second-order valence-corrected chi connectivity index (χ2v) is 5.11. The molecule has 0 spiro atoms. The summed E-state index contributed by atoms with van der Waals surface area (Å²) in [5, 5.41) is 11.7. The number of carbonyl (C=O) groups is 2. The topological polar surface area (TPSA) is 88.8 Å². The van der Waals surface area contributed by atoms with Crippen molar-refractivity contribution >= 4 is 11.9 Å². The molecule has 2 rings (SSSR count). The van der Waals surface area contributed by atoms with Gasteiger partial charge in [0.25, 0.3) is 0 Å². The van der Waals surface area contributed by atoms with Crippen LogP contribution in [0.3, 0.4) is 0 Å². The van der Waals surface area contributed by atoms with Gasteiger partial charge in [0, 0.05) is 6.42 Å². The molecule has 6 nitrogen and oxygen atoms in total. The van der Waals surface area contributed by atoms with Crippen molar-refractivity contribution in [3.8, 4) is 5.75 Å². The highest BCUT2D eigenvalue weighted by Gasteiger charge is 2.14. The van der Waals surface area contributed by atoms with Gasteiger partial charge in [0.2, 0.25) is 5.91 Å². The Kier molecular flexibility index (Phi) is 5.41. The van der Waals surface area contributed by atoms with Crippen LogP contribution in [-0.2, 0) is 17.8 Å². The van der Waals surface area contributed by atoms with Gasteiger partial charge in [-0.05, 0) is 37.1 Å². The van der Waals surface area contributed by atoms with Crippen LogP contribution in [-0.4, -0.2) is 24.1 Å². The fourth-order valence-corrected chi connectivity index (χ4v) is 2.17. The fraction of sp³-hybridized carbons (Fsp3) is 0.294. The van der Waals surface area contributed by atoms with Crippen molar-refractivity contribution < 1.29 is 23.8 Å². The lowest BCUT2D eigenvalue weighted by molar-refractivity contribution is -0.121. The van der Waals surface area contributed by atoms with Crippen molar-refractivity contribution in [1.82, 2.24) is 5.32 Å². The van der Waals surface area contributed by atoms with Gasteiger partial charge in [-0.1, -0.05) is 12.1 Å². The minimum absolute atomic E-state index is 0.118. The molecule has 0 unspecified atom stereocenters. The lowest BCUT2D eigenvalue weighted by atomic mass is 10.1. The summed E-state index contributed by atoms with van der Waals surface area (Å²) in [5.74, 6) is 0.383. The van der Waals surface area contributed by atoms with E-state index < -0.39 is 5.97 Å². The molecule has 1 amide bonds. The monoisotopic (exact) mass is 317 g/mol. The van der Waals surface area contributed by atoms with Gasteiger partial charge < -0.3 is 19.6 Å². The second-order valence-electron chi connectivity index (χ2n) is 5.11. The average molecular weight is 317 g/mol. The molecule has 0 atom stereocenters. The summed E-state index contributed by atoms with van der Waals surface area (Å²) in [6, 6.07) is 8.97. The SMILES string of the molecule is COc1ccc(CCC(=O)NCc2cc(C(=O)O)c(C)o2)cc1. The summed E-state index contributed by atoms with van der Waals surface area (Å²) in [6.45, 7) is 1.76. The number of ether oxygens (including phenoxy) is 1. The number of aromatic carboxylic acids is 1. The number of hydrogen-bond acceptors (Lipinski definition) is 4. The maximum Gasteiger partial charge on any atom is 0.339 e. The van der Waals surface area contributed by atoms with E-state index in [1.807, 2.05) is 24.3 Å². The molecule has 0 saturated heterocycles. The number of carbonyl (C=O) groups excluding carboxylic acids is 1. The molecule has 1 aromatic heterocycles. The van der Waals surface area contributed by atoms with Crippen molar-refractivity contribution in [2.75, 3.05) is 7.11 Å². The molecule has 0 aliphatic carbocycles. The van der Waals surface area contributed by atoms with E-state index in [2.05, 4.69) is 5.32 Å². The number of carboxylic acid groups (broad SMARTS) is 1. The Labute approximate surface area is 134 Å². The van der Waals surface area contributed by atoms with Crippen LogP contribution in [0.5, 0.6) is 5.75 Å². The first-order valence-electron chi connectivity index (χ1n) is 7.22. The van der Waals surface area contributed by atoms with Gasteiger partial charge in [-0.2, -0.15) is 0 Å². The van der Waals surface area contributed by atoms with Crippen LogP contribution < -0.4 is 10.1 Å². The summed E-state index contributed by atoms with van der Waals surface area (Å²) >= 11 is 0. The van der Waals surface area contributed by atoms with Crippen LogP contribution in [0.15, 0.2) is 34.7 Å². The molecular weight excluding hydrogens is 298 g/mol. The zero-order chi connectivity index (χ0) is 16.8. The van der Waals surface area contributed by atoms with Gasteiger partial charge in [0.05, 0.1) is 13.7 Å². The number of amides is 1. The van der Waals surface area contributed by atoms with Crippen LogP contribution in [0.25, 0.3) is 0 Å². The highest BCUT2D eigenvalue weighted by Crippen LogP contribution is 2.15. The zero-order valence-electron chi connectivity index (χ0n) is 13.1. The lowest BCUT2D eigenvalue weighted by Gasteiger charge is -2.05. The number of benzene rings is 1. The van der Waals surface area contributed by atoms with Gasteiger partial charge in [-0.15, -0.1) is 0 Å². The van der Waals surface area contributed by atoms with Crippen LogP contribution in [0.1, 0.15) is 33.9 Å². The molecule has 0 aliphatic heterocycles. The predicted molar refractivity (Wildman–Crippen MR) is 83.6 cm³/mol. The maximum atomic E-state index is 11.8. The summed E-state index contributed by atoms with van der Waals surface area (Å²) in [7, 11) is 1.61. The molecule has 6 heteroatoms. The number of aryl methyl sites for hydroxylation is 2. The number of rotatable bonds is 7. The van der Waals surface area contributed by atoms with Gasteiger partial charge in [0.15, 0.2) is 0 Å². The number of nitrogens with one attached hydrogen (secondary N) is 1. The van der Waals surface area contributed by atoms with Crippen LogP contribution in [0.2, 0.25) is 0 Å².